The molecule has 2 aromatic rings. The minimum absolute atomic E-state index is 0.336. The number of aromatic nitrogens is 1. The molecule has 0 bridgehead atoms. The summed E-state index contributed by atoms with van der Waals surface area (Å²) in [7, 11) is 0.534. The molecule has 2 rings (SSSR count). The van der Waals surface area contributed by atoms with Crippen LogP contribution < -0.4 is 15.8 Å². The fraction of sp³-hybridized carbons (Fsp3) is 0.231. The average molecular weight is 325 g/mol. The number of primary amides is 1. The van der Waals surface area contributed by atoms with E-state index in [1.807, 2.05) is 24.3 Å². The molecule has 2 amide bonds. The van der Waals surface area contributed by atoms with E-state index < -0.39 is 16.8 Å². The van der Waals surface area contributed by atoms with Gasteiger partial charge < -0.3 is 10.5 Å². The van der Waals surface area contributed by atoms with E-state index in [0.29, 0.717) is 22.3 Å². The Balaban J connectivity index is 1.91. The van der Waals surface area contributed by atoms with Gasteiger partial charge in [0.25, 0.3) is 0 Å². The number of amides is 2. The van der Waals surface area contributed by atoms with E-state index in [1.165, 1.54) is 11.3 Å². The van der Waals surface area contributed by atoms with Crippen LogP contribution in [0.1, 0.15) is 11.3 Å². The number of ether oxygens (including phenoxy) is 1. The van der Waals surface area contributed by atoms with Crippen molar-refractivity contribution in [2.45, 2.75) is 11.5 Å². The van der Waals surface area contributed by atoms with E-state index in [1.54, 1.807) is 12.5 Å². The topological polar surface area (TPSA) is 94.3 Å². The summed E-state index contributed by atoms with van der Waals surface area (Å²) >= 11 is 1.26. The third-order valence-electron chi connectivity index (χ3n) is 2.58. The highest BCUT2D eigenvalue weighted by Crippen LogP contribution is 2.18. The van der Waals surface area contributed by atoms with Crippen molar-refractivity contribution in [2.75, 3.05) is 12.4 Å². The van der Waals surface area contributed by atoms with Crippen molar-refractivity contribution in [2.24, 2.45) is 5.73 Å². The highest BCUT2D eigenvalue weighted by Gasteiger charge is 2.08. The summed E-state index contributed by atoms with van der Waals surface area (Å²) in [5.74, 6) is 1.55. The lowest BCUT2D eigenvalue weighted by molar-refractivity contribution is 0.259. The molecule has 0 saturated heterocycles. The van der Waals surface area contributed by atoms with Crippen LogP contribution in [-0.2, 0) is 22.3 Å². The number of anilines is 1. The highest BCUT2D eigenvalue weighted by molar-refractivity contribution is 7.83. The summed E-state index contributed by atoms with van der Waals surface area (Å²) in [5, 5.41) is 4.57. The first-order valence-corrected chi connectivity index (χ1v) is 8.42. The molecule has 0 aliphatic heterocycles. The smallest absolute Gasteiger partial charge is 0.318 e. The van der Waals surface area contributed by atoms with E-state index in [4.69, 9.17) is 10.5 Å². The van der Waals surface area contributed by atoms with Gasteiger partial charge in [-0.2, -0.15) is 0 Å². The maximum Gasteiger partial charge on any atom is 0.318 e. The van der Waals surface area contributed by atoms with E-state index >= 15 is 0 Å². The molecule has 1 aromatic heterocycles. The molecule has 1 unspecified atom stereocenters. The van der Waals surface area contributed by atoms with Gasteiger partial charge in [0.1, 0.15) is 5.75 Å². The number of nitrogens with one attached hydrogen (secondary N) is 1. The van der Waals surface area contributed by atoms with Crippen LogP contribution in [0.2, 0.25) is 0 Å². The summed E-state index contributed by atoms with van der Waals surface area (Å²) in [4.78, 5) is 14.9. The minimum Gasteiger partial charge on any atom is -0.497 e. The van der Waals surface area contributed by atoms with Crippen LogP contribution in [-0.4, -0.2) is 22.3 Å². The van der Waals surface area contributed by atoms with Crippen molar-refractivity contribution in [3.63, 3.8) is 0 Å². The summed E-state index contributed by atoms with van der Waals surface area (Å²) < 4.78 is 17.2. The molecule has 1 aromatic carbocycles. The number of hydrogen-bond donors (Lipinski definition) is 2. The molecule has 0 aliphatic rings. The van der Waals surface area contributed by atoms with Crippen molar-refractivity contribution in [1.82, 2.24) is 4.98 Å². The number of thiazole rings is 1. The molecule has 8 heteroatoms. The SMILES string of the molecule is COc1ccc(CS(=O)Cc2csc(NC(N)=O)n2)cc1. The Morgan fingerprint density at radius 2 is 2.10 bits per heavy atom. The monoisotopic (exact) mass is 325 g/mol. The molecule has 0 spiro atoms. The first-order valence-electron chi connectivity index (χ1n) is 6.05. The number of rotatable bonds is 6. The van der Waals surface area contributed by atoms with Gasteiger partial charge in [0.05, 0.1) is 18.6 Å². The maximum absolute atomic E-state index is 12.1. The van der Waals surface area contributed by atoms with Gasteiger partial charge in [-0.05, 0) is 17.7 Å². The number of hydrogen-bond acceptors (Lipinski definition) is 5. The van der Waals surface area contributed by atoms with Crippen molar-refractivity contribution >= 4 is 33.3 Å². The number of carbonyl (C=O) groups is 1. The van der Waals surface area contributed by atoms with Gasteiger partial charge in [0, 0.05) is 21.9 Å². The fourth-order valence-electron chi connectivity index (χ4n) is 1.66. The Hall–Kier alpha value is -1.93. The number of carbonyl (C=O) groups excluding carboxylic acids is 1. The zero-order valence-corrected chi connectivity index (χ0v) is 13.0. The van der Waals surface area contributed by atoms with Crippen LogP contribution in [0.4, 0.5) is 9.93 Å². The van der Waals surface area contributed by atoms with Crippen LogP contribution in [0, 0.1) is 0 Å². The van der Waals surface area contributed by atoms with Gasteiger partial charge in [-0.3, -0.25) is 9.53 Å². The molecule has 1 heterocycles. The molecule has 1 atom stereocenters. The maximum atomic E-state index is 12.1. The van der Waals surface area contributed by atoms with Crippen molar-refractivity contribution < 1.29 is 13.7 Å². The second-order valence-electron chi connectivity index (χ2n) is 4.21. The molecule has 112 valence electrons. The van der Waals surface area contributed by atoms with Crippen LogP contribution in [0.15, 0.2) is 29.6 Å². The minimum atomic E-state index is -1.07. The van der Waals surface area contributed by atoms with Gasteiger partial charge in [-0.1, -0.05) is 12.1 Å². The second kappa shape index (κ2) is 7.19. The number of benzene rings is 1. The number of nitrogens with two attached hydrogens (primary N) is 1. The number of methoxy groups -OCH3 is 1. The van der Waals surface area contributed by atoms with E-state index in [0.717, 1.165) is 11.3 Å². The molecule has 21 heavy (non-hydrogen) atoms. The molecule has 3 N–H and O–H groups in total. The molecule has 0 radical (unpaired) electrons. The standard InChI is InChI=1S/C13H15N3O3S2/c1-19-11-4-2-9(3-5-11)7-21(18)8-10-6-20-13(15-10)16-12(14)17/h2-6H,7-8H2,1H3,(H3,14,15,16,17). The van der Waals surface area contributed by atoms with Crippen molar-refractivity contribution in [3.05, 3.63) is 40.9 Å². The fourth-order valence-corrected chi connectivity index (χ4v) is 3.62. The van der Waals surface area contributed by atoms with Crippen LogP contribution in [0.3, 0.4) is 0 Å². The van der Waals surface area contributed by atoms with Gasteiger partial charge in [0.15, 0.2) is 5.13 Å². The summed E-state index contributed by atoms with van der Waals surface area (Å²) in [6.07, 6.45) is 0. The van der Waals surface area contributed by atoms with Crippen LogP contribution >= 0.6 is 11.3 Å². The largest absolute Gasteiger partial charge is 0.497 e. The Kier molecular flexibility index (Phi) is 5.29. The predicted molar refractivity (Wildman–Crippen MR) is 83.9 cm³/mol. The molecule has 0 aliphatic carbocycles. The zero-order chi connectivity index (χ0) is 15.2. The Morgan fingerprint density at radius 3 is 2.71 bits per heavy atom. The molecule has 0 fully saturated rings. The lowest BCUT2D eigenvalue weighted by Crippen LogP contribution is -2.19. The van der Waals surface area contributed by atoms with Crippen LogP contribution in [0.25, 0.3) is 0 Å². The Bertz CT molecular complexity index is 640. The third kappa shape index (κ3) is 4.83. The normalized spacial score (nSPS) is 11.9. The molecular weight excluding hydrogens is 310 g/mol. The van der Waals surface area contributed by atoms with Crippen molar-refractivity contribution in [1.29, 1.82) is 0 Å². The first-order chi connectivity index (χ1) is 10.1. The zero-order valence-electron chi connectivity index (χ0n) is 11.4. The van der Waals surface area contributed by atoms with Gasteiger partial charge in [0.2, 0.25) is 0 Å². The molecule has 0 saturated carbocycles. The summed E-state index contributed by atoms with van der Waals surface area (Å²) in [6, 6.07) is 6.79. The Labute approximate surface area is 128 Å². The van der Waals surface area contributed by atoms with Gasteiger partial charge >= 0.3 is 6.03 Å². The summed E-state index contributed by atoms with van der Waals surface area (Å²) in [5.41, 5.74) is 6.66. The predicted octanol–water partition coefficient (Wildman–Crippen LogP) is 2.09. The Morgan fingerprint density at radius 1 is 1.38 bits per heavy atom. The van der Waals surface area contributed by atoms with E-state index in [-0.39, 0.29) is 0 Å². The lowest BCUT2D eigenvalue weighted by atomic mass is 10.2. The molecule has 6 nitrogen and oxygen atoms in total. The number of urea groups is 1. The van der Waals surface area contributed by atoms with Gasteiger partial charge in [-0.15, -0.1) is 11.3 Å². The average Bonchev–Trinajstić information content (AvgIpc) is 2.85. The second-order valence-corrected chi connectivity index (χ2v) is 6.52. The van der Waals surface area contributed by atoms with Crippen LogP contribution in [0.5, 0.6) is 5.75 Å². The summed E-state index contributed by atoms with van der Waals surface area (Å²) in [6.45, 7) is 0. The quantitative estimate of drug-likeness (QED) is 0.850. The number of nitrogens with zero attached hydrogens (tertiary/aromatic N) is 1. The molecular formula is C13H15N3O3S2. The van der Waals surface area contributed by atoms with Gasteiger partial charge in [-0.25, -0.2) is 9.78 Å². The van der Waals surface area contributed by atoms with Crippen molar-refractivity contribution in [3.8, 4) is 5.75 Å². The van der Waals surface area contributed by atoms with E-state index in [9.17, 15) is 9.00 Å². The van der Waals surface area contributed by atoms with E-state index in [2.05, 4.69) is 10.3 Å². The highest BCUT2D eigenvalue weighted by atomic mass is 32.2. The first kappa shape index (κ1) is 15.5. The lowest BCUT2D eigenvalue weighted by Gasteiger charge is -2.03. The third-order valence-corrected chi connectivity index (χ3v) is 4.66.